The number of fused-ring (bicyclic) bond motifs is 12. The number of aromatic nitrogens is 4. The second kappa shape index (κ2) is 23.0. The van der Waals surface area contributed by atoms with Gasteiger partial charge in [0.2, 0.25) is 0 Å². The van der Waals surface area contributed by atoms with Crippen molar-refractivity contribution in [2.24, 2.45) is 0 Å². The molecule has 0 saturated heterocycles. The fourth-order valence-corrected chi connectivity index (χ4v) is 14.0. The fourth-order valence-electron chi connectivity index (χ4n) is 14.0. The first kappa shape index (κ1) is 61.8. The highest BCUT2D eigenvalue weighted by Gasteiger charge is 2.38. The molecule has 7 nitrogen and oxygen atoms in total. The lowest BCUT2D eigenvalue weighted by atomic mass is 9.96. The summed E-state index contributed by atoms with van der Waals surface area (Å²) in [5.41, 5.74) is 8.02. The molecular weight excluding hydrogens is 1250 g/mol. The minimum absolute atomic E-state index is 0.0325. The Morgan fingerprint density at radius 3 is 0.949 bits per heavy atom. The van der Waals surface area contributed by atoms with Crippen LogP contribution in [0.3, 0.4) is 0 Å². The van der Waals surface area contributed by atoms with E-state index in [4.69, 9.17) is 13.1 Å². The molecule has 0 aliphatic carbocycles. The molecule has 0 aliphatic rings. The average molecular weight is 1300 g/mol. The highest BCUT2D eigenvalue weighted by Crippen LogP contribution is 2.49. The van der Waals surface area contributed by atoms with Crippen molar-refractivity contribution in [1.29, 1.82) is 5.26 Å². The molecule has 0 amide bonds. The van der Waals surface area contributed by atoms with Gasteiger partial charge in [0, 0.05) is 65.3 Å². The molecule has 0 saturated carbocycles. The van der Waals surface area contributed by atoms with Gasteiger partial charge in [-0.1, -0.05) is 121 Å². The summed E-state index contributed by atoms with van der Waals surface area (Å²) in [4.78, 5) is 6.73. The van der Waals surface area contributed by atoms with Crippen molar-refractivity contribution in [3.05, 3.63) is 298 Å². The highest BCUT2D eigenvalue weighted by atomic mass is 19.4. The Bertz CT molecular complexity index is 6190. The smallest absolute Gasteiger partial charge is 0.309 e. The molecule has 4 heterocycles. The first-order valence-corrected chi connectivity index (χ1v) is 31.0. The van der Waals surface area contributed by atoms with E-state index in [1.807, 2.05) is 170 Å². The van der Waals surface area contributed by atoms with Gasteiger partial charge in [-0.05, 0) is 170 Å². The normalized spacial score (nSPS) is 12.1. The van der Waals surface area contributed by atoms with Gasteiger partial charge in [-0.2, -0.15) is 44.8 Å². The minimum Gasteiger partial charge on any atom is -0.309 e. The van der Waals surface area contributed by atoms with E-state index in [1.165, 1.54) is 22.8 Å². The van der Waals surface area contributed by atoms with E-state index in [-0.39, 0.29) is 39.4 Å². The Hall–Kier alpha value is -12.3. The molecule has 4 aromatic heterocycles. The lowest BCUT2D eigenvalue weighted by molar-refractivity contribution is -0.138. The van der Waals surface area contributed by atoms with Crippen molar-refractivity contribution in [2.45, 2.75) is 46.2 Å². The van der Waals surface area contributed by atoms with Gasteiger partial charge in [0.15, 0.2) is 11.4 Å². The van der Waals surface area contributed by atoms with Crippen molar-refractivity contribution in [3.8, 4) is 51.1 Å². The van der Waals surface area contributed by atoms with Crippen LogP contribution >= 0.6 is 0 Å². The maximum Gasteiger partial charge on any atom is 0.418 e. The zero-order valence-corrected chi connectivity index (χ0v) is 52.5. The second-order valence-corrected chi connectivity index (χ2v) is 24.6. The number of halogens is 9. The van der Waals surface area contributed by atoms with Crippen molar-refractivity contribution < 1.29 is 39.5 Å². The zero-order valence-electron chi connectivity index (χ0n) is 52.5. The van der Waals surface area contributed by atoms with Gasteiger partial charge >= 0.3 is 18.5 Å². The lowest BCUT2D eigenvalue weighted by Gasteiger charge is -2.22. The Morgan fingerprint density at radius 1 is 0.316 bits per heavy atom. The summed E-state index contributed by atoms with van der Waals surface area (Å²) in [7, 11) is 0. The Kier molecular flexibility index (Phi) is 14.5. The largest absolute Gasteiger partial charge is 0.418 e. The van der Waals surface area contributed by atoms with Gasteiger partial charge in [-0.15, -0.1) is 0 Å². The molecule has 0 fully saturated rings. The van der Waals surface area contributed by atoms with E-state index in [0.29, 0.717) is 44.6 Å². The summed E-state index contributed by atoms with van der Waals surface area (Å²) in [5, 5.41) is 17.7. The molecule has 12 aromatic carbocycles. The number of para-hydroxylation sites is 4. The first-order chi connectivity index (χ1) is 47.0. The maximum atomic E-state index is 15.5. The van der Waals surface area contributed by atoms with Gasteiger partial charge in [-0.3, -0.25) is 0 Å². The van der Waals surface area contributed by atoms with E-state index < -0.39 is 35.2 Å². The summed E-state index contributed by atoms with van der Waals surface area (Å²) < 4.78 is 139. The first-order valence-electron chi connectivity index (χ1n) is 31.0. The van der Waals surface area contributed by atoms with Crippen LogP contribution in [0.2, 0.25) is 0 Å². The highest BCUT2D eigenvalue weighted by molar-refractivity contribution is 6.14. The van der Waals surface area contributed by atoms with E-state index >= 15 is 13.2 Å². The van der Waals surface area contributed by atoms with Crippen LogP contribution in [0.15, 0.2) is 231 Å². The van der Waals surface area contributed by atoms with Crippen LogP contribution in [0.5, 0.6) is 0 Å². The zero-order chi connectivity index (χ0) is 68.4. The summed E-state index contributed by atoms with van der Waals surface area (Å²) in [6.07, 6.45) is -14.3. The lowest BCUT2D eigenvalue weighted by Crippen LogP contribution is -2.13. The van der Waals surface area contributed by atoms with Gasteiger partial charge in [0.25, 0.3) is 0 Å². The molecule has 476 valence electrons. The van der Waals surface area contributed by atoms with Crippen molar-refractivity contribution in [3.63, 3.8) is 0 Å². The van der Waals surface area contributed by atoms with Crippen LogP contribution < -0.4 is 0 Å². The summed E-state index contributed by atoms with van der Waals surface area (Å²) in [5.74, 6) is 0. The minimum atomic E-state index is -4.87. The molecule has 0 N–H and O–H groups in total. The molecule has 16 heteroatoms. The molecule has 0 radical (unpaired) electrons. The predicted octanol–water partition coefficient (Wildman–Crippen LogP) is 24.4. The second-order valence-electron chi connectivity index (χ2n) is 24.6. The molecule has 98 heavy (non-hydrogen) atoms. The van der Waals surface area contributed by atoms with Gasteiger partial charge < -0.3 is 18.3 Å². The third kappa shape index (κ3) is 10.3. The number of aryl methyl sites for hydroxylation is 4. The average Bonchev–Trinajstić information content (AvgIpc) is 1.51. The number of hydrogen-bond donors (Lipinski definition) is 0. The van der Waals surface area contributed by atoms with Crippen molar-refractivity contribution in [1.82, 2.24) is 18.3 Å². The fraction of sp³-hybridized carbons (Fsp3) is 0.0854. The molecule has 0 aliphatic heterocycles. The molecule has 0 bridgehead atoms. The third-order valence-electron chi connectivity index (χ3n) is 18.3. The number of nitrogens with zero attached hydrogens (tertiary/aromatic N) is 7. The van der Waals surface area contributed by atoms with Crippen LogP contribution in [-0.2, 0) is 18.5 Å². The topological polar surface area (TPSA) is 52.2 Å². The summed E-state index contributed by atoms with van der Waals surface area (Å²) in [6.45, 7) is 23.0. The number of benzene rings is 12. The SMILES string of the molecule is [C-]#[N+]c1cc(-c2cc(-n3c4ccccc4c4ccc(C)cc43)c(C#N)cc2-n2c3ccccc3c3ccc(C)cc32)cc(C(F)(F)F)c1.[C-]#[N+]c1cc(-c2cc(-n3c4ccccc4c4ccc(C)cc43)c(C(F)(F)F)cc2-n2c3ccccc3c3ccc(C)cc32)cc(C(F)(F)F)c1. The van der Waals surface area contributed by atoms with Gasteiger partial charge in [-0.25, -0.2) is 9.69 Å². The molecule has 16 aromatic rings. The molecular formula is C82H50F9N7. The van der Waals surface area contributed by atoms with E-state index in [2.05, 4.69) is 27.9 Å². The summed E-state index contributed by atoms with van der Waals surface area (Å²) in [6, 6.07) is 68.4. The Balaban J connectivity index is 0.000000160. The van der Waals surface area contributed by atoms with E-state index in [0.717, 1.165) is 118 Å². The number of rotatable bonds is 6. The molecule has 0 atom stereocenters. The maximum absolute atomic E-state index is 15.5. The van der Waals surface area contributed by atoms with Crippen LogP contribution in [0.4, 0.5) is 50.9 Å². The molecule has 16 rings (SSSR count). The van der Waals surface area contributed by atoms with Gasteiger partial charge in [0.1, 0.15) is 6.07 Å². The van der Waals surface area contributed by atoms with E-state index in [1.54, 1.807) is 41.0 Å². The van der Waals surface area contributed by atoms with E-state index in [9.17, 15) is 31.6 Å². The molecule has 0 unspecified atom stereocenters. The van der Waals surface area contributed by atoms with Crippen LogP contribution in [0, 0.1) is 52.2 Å². The third-order valence-corrected chi connectivity index (χ3v) is 18.3. The number of hydrogen-bond acceptors (Lipinski definition) is 1. The van der Waals surface area contributed by atoms with Gasteiger partial charge in [0.05, 0.1) is 91.2 Å². The Labute approximate surface area is 554 Å². The standard InChI is InChI=1S/C41H25F6N3.C41H25F3N4/c1-23-12-14-30-28-8-4-6-10-34(28)49(36(30)16-23)38-22-33(41(45,46)47)39(21-32(38)25-18-26(40(42,43)44)20-27(19-25)48-3)50-35-11-7-5-9-29(35)31-15-13-24(2)17-37(31)50;1-24-12-14-32-30-8-4-6-10-35(30)47(38(32)16-24)37-22-34(26-18-28(41(42,43)44)21-29(19-26)46-3)40(20-27(37)23-45)48-36-11-7-5-9-31(36)33-15-13-25(2)17-39(33)48/h4-22H,1-2H3;4-22H,1-2H3. The van der Waals surface area contributed by atoms with Crippen LogP contribution in [-0.4, -0.2) is 18.3 Å². The molecule has 0 spiro atoms. The van der Waals surface area contributed by atoms with Crippen molar-refractivity contribution in [2.75, 3.05) is 0 Å². The predicted molar refractivity (Wildman–Crippen MR) is 372 cm³/mol. The van der Waals surface area contributed by atoms with Crippen molar-refractivity contribution >= 4 is 98.6 Å². The van der Waals surface area contributed by atoms with Crippen LogP contribution in [0.1, 0.15) is 44.5 Å². The summed E-state index contributed by atoms with van der Waals surface area (Å²) >= 11 is 0. The number of alkyl halides is 9. The quantitative estimate of drug-likeness (QED) is 0.121. The number of nitriles is 1. The monoisotopic (exact) mass is 1300 g/mol. The van der Waals surface area contributed by atoms with Crippen LogP contribution in [0.25, 0.3) is 142 Å². The Morgan fingerprint density at radius 2 is 0.622 bits per heavy atom.